The van der Waals surface area contributed by atoms with Crippen molar-refractivity contribution in [2.24, 2.45) is 0 Å². The lowest BCUT2D eigenvalue weighted by Gasteiger charge is -2.10. The van der Waals surface area contributed by atoms with Crippen LogP contribution in [-0.4, -0.2) is 24.4 Å². The van der Waals surface area contributed by atoms with Crippen molar-refractivity contribution >= 4 is 17.9 Å². The Balaban J connectivity index is 2.95. The summed E-state index contributed by atoms with van der Waals surface area (Å²) in [5.74, 6) is -0.839. The van der Waals surface area contributed by atoms with E-state index in [4.69, 9.17) is 5.11 Å². The van der Waals surface area contributed by atoms with Gasteiger partial charge < -0.3 is 10.4 Å². The van der Waals surface area contributed by atoms with Gasteiger partial charge in [0.15, 0.2) is 6.29 Å². The number of hydrogen-bond acceptors (Lipinski definition) is 3. The molecule has 0 unspecified atom stereocenters. The first-order valence-electron chi connectivity index (χ1n) is 4.65. The Labute approximate surface area is 87.9 Å². The molecule has 0 heterocycles. The fourth-order valence-electron chi connectivity index (χ4n) is 1.47. The molecule has 80 valence electrons. The van der Waals surface area contributed by atoms with Crippen LogP contribution in [0.2, 0.25) is 0 Å². The van der Waals surface area contributed by atoms with E-state index in [2.05, 4.69) is 5.32 Å². The minimum Gasteiger partial charge on any atom is -0.481 e. The molecule has 2 N–H and O–H groups in total. The molecule has 1 rings (SSSR count). The van der Waals surface area contributed by atoms with Crippen LogP contribution < -0.4 is 5.32 Å². The van der Waals surface area contributed by atoms with Crippen LogP contribution in [0.5, 0.6) is 0 Å². The summed E-state index contributed by atoms with van der Waals surface area (Å²) in [6, 6.07) is 5.27. The third-order valence-corrected chi connectivity index (χ3v) is 2.17. The second kappa shape index (κ2) is 5.14. The van der Waals surface area contributed by atoms with Gasteiger partial charge >= 0.3 is 5.97 Å². The topological polar surface area (TPSA) is 66.4 Å². The van der Waals surface area contributed by atoms with Crippen LogP contribution in [0.15, 0.2) is 18.2 Å². The molecule has 0 aliphatic rings. The molecular weight excluding hydrogens is 194 g/mol. The van der Waals surface area contributed by atoms with Gasteiger partial charge in [-0.25, -0.2) is 0 Å². The molecule has 0 radical (unpaired) electrons. The van der Waals surface area contributed by atoms with Crippen molar-refractivity contribution in [3.8, 4) is 0 Å². The Hall–Kier alpha value is -1.84. The molecule has 0 fully saturated rings. The maximum Gasteiger partial charge on any atom is 0.303 e. The molecule has 1 aromatic carbocycles. The number of aryl methyl sites for hydroxylation is 1. The highest BCUT2D eigenvalue weighted by Gasteiger charge is 2.07. The number of nitrogens with one attached hydrogen (secondary N) is 1. The van der Waals surface area contributed by atoms with Crippen molar-refractivity contribution in [3.63, 3.8) is 0 Å². The zero-order chi connectivity index (χ0) is 11.3. The first-order valence-corrected chi connectivity index (χ1v) is 4.65. The van der Waals surface area contributed by atoms with E-state index in [1.54, 1.807) is 19.2 Å². The van der Waals surface area contributed by atoms with Crippen molar-refractivity contribution in [3.05, 3.63) is 29.3 Å². The highest BCUT2D eigenvalue weighted by atomic mass is 16.4. The zero-order valence-corrected chi connectivity index (χ0v) is 8.49. The lowest BCUT2D eigenvalue weighted by Crippen LogP contribution is -2.03. The molecule has 4 heteroatoms. The number of carbonyl (C=O) groups excluding carboxylic acids is 1. The van der Waals surface area contributed by atoms with Crippen LogP contribution in [0.3, 0.4) is 0 Å². The van der Waals surface area contributed by atoms with E-state index in [0.29, 0.717) is 17.7 Å². The maximum atomic E-state index is 10.7. The number of carbonyl (C=O) groups is 2. The molecule has 0 aromatic heterocycles. The molecule has 0 saturated heterocycles. The van der Waals surface area contributed by atoms with E-state index in [0.717, 1.165) is 11.8 Å². The predicted octanol–water partition coefficient (Wildman–Crippen LogP) is 1.56. The zero-order valence-electron chi connectivity index (χ0n) is 8.49. The van der Waals surface area contributed by atoms with Crippen molar-refractivity contribution in [2.75, 3.05) is 12.4 Å². The molecule has 0 aliphatic heterocycles. The van der Waals surface area contributed by atoms with Gasteiger partial charge in [-0.05, 0) is 18.1 Å². The smallest absolute Gasteiger partial charge is 0.303 e. The second-order valence-corrected chi connectivity index (χ2v) is 3.14. The highest BCUT2D eigenvalue weighted by Crippen LogP contribution is 2.20. The SMILES string of the molecule is CNc1c(C=O)cccc1CCC(=O)O. The second-order valence-electron chi connectivity index (χ2n) is 3.14. The molecule has 0 saturated carbocycles. The van der Waals surface area contributed by atoms with Gasteiger partial charge in [0.1, 0.15) is 0 Å². The van der Waals surface area contributed by atoms with Crippen LogP contribution in [0, 0.1) is 0 Å². The number of carboxylic acid groups (broad SMARTS) is 1. The van der Waals surface area contributed by atoms with E-state index in [-0.39, 0.29) is 6.42 Å². The number of carboxylic acids is 1. The standard InChI is InChI=1S/C11H13NO3/c1-12-11-8(5-6-10(14)15)3-2-4-9(11)7-13/h2-4,7,12H,5-6H2,1H3,(H,14,15). The number of aldehydes is 1. The normalized spacial score (nSPS) is 9.67. The summed E-state index contributed by atoms with van der Waals surface area (Å²) >= 11 is 0. The van der Waals surface area contributed by atoms with Gasteiger partial charge in [0.25, 0.3) is 0 Å². The number of benzene rings is 1. The number of anilines is 1. The Morgan fingerprint density at radius 1 is 1.53 bits per heavy atom. The Morgan fingerprint density at radius 3 is 2.80 bits per heavy atom. The molecule has 0 bridgehead atoms. The van der Waals surface area contributed by atoms with Crippen LogP contribution >= 0.6 is 0 Å². The lowest BCUT2D eigenvalue weighted by atomic mass is 10.0. The Bertz CT molecular complexity index is 374. The van der Waals surface area contributed by atoms with Gasteiger partial charge in [-0.2, -0.15) is 0 Å². The van der Waals surface area contributed by atoms with Crippen LogP contribution in [0.4, 0.5) is 5.69 Å². The summed E-state index contributed by atoms with van der Waals surface area (Å²) in [4.78, 5) is 21.2. The molecule has 1 aromatic rings. The molecule has 0 amide bonds. The van der Waals surface area contributed by atoms with E-state index < -0.39 is 5.97 Å². The van der Waals surface area contributed by atoms with Crippen molar-refractivity contribution in [1.29, 1.82) is 0 Å². The molecule has 0 spiro atoms. The Morgan fingerprint density at radius 2 is 2.27 bits per heavy atom. The van der Waals surface area contributed by atoms with Gasteiger partial charge in [-0.1, -0.05) is 12.1 Å². The number of para-hydroxylation sites is 1. The van der Waals surface area contributed by atoms with Crippen molar-refractivity contribution in [1.82, 2.24) is 0 Å². The highest BCUT2D eigenvalue weighted by molar-refractivity contribution is 5.85. The third kappa shape index (κ3) is 2.80. The largest absolute Gasteiger partial charge is 0.481 e. The summed E-state index contributed by atoms with van der Waals surface area (Å²) in [7, 11) is 1.71. The van der Waals surface area contributed by atoms with Gasteiger partial charge in [0.05, 0.1) is 0 Å². The molecule has 15 heavy (non-hydrogen) atoms. The summed E-state index contributed by atoms with van der Waals surface area (Å²) < 4.78 is 0. The summed E-state index contributed by atoms with van der Waals surface area (Å²) in [6.45, 7) is 0. The third-order valence-electron chi connectivity index (χ3n) is 2.17. The van der Waals surface area contributed by atoms with E-state index >= 15 is 0 Å². The monoisotopic (exact) mass is 207 g/mol. The molecule has 4 nitrogen and oxygen atoms in total. The molecule has 0 aliphatic carbocycles. The average molecular weight is 207 g/mol. The molecule has 0 atom stereocenters. The van der Waals surface area contributed by atoms with Crippen molar-refractivity contribution < 1.29 is 14.7 Å². The fraction of sp³-hybridized carbons (Fsp3) is 0.273. The summed E-state index contributed by atoms with van der Waals surface area (Å²) in [6.07, 6.45) is 1.25. The maximum absolute atomic E-state index is 10.7. The van der Waals surface area contributed by atoms with Gasteiger partial charge in [-0.3, -0.25) is 9.59 Å². The van der Waals surface area contributed by atoms with Crippen molar-refractivity contribution in [2.45, 2.75) is 12.8 Å². The van der Waals surface area contributed by atoms with E-state index in [1.807, 2.05) is 6.07 Å². The van der Waals surface area contributed by atoms with Crippen LogP contribution in [-0.2, 0) is 11.2 Å². The Kier molecular flexibility index (Phi) is 3.85. The minimum atomic E-state index is -0.839. The van der Waals surface area contributed by atoms with Gasteiger partial charge in [-0.15, -0.1) is 0 Å². The summed E-state index contributed by atoms with van der Waals surface area (Å²) in [5.41, 5.74) is 2.12. The number of hydrogen-bond donors (Lipinski definition) is 2. The average Bonchev–Trinajstić information content (AvgIpc) is 2.25. The lowest BCUT2D eigenvalue weighted by molar-refractivity contribution is -0.136. The quantitative estimate of drug-likeness (QED) is 0.719. The predicted molar refractivity (Wildman–Crippen MR) is 57.3 cm³/mol. The minimum absolute atomic E-state index is 0.0665. The van der Waals surface area contributed by atoms with Crippen LogP contribution in [0.1, 0.15) is 22.3 Å². The van der Waals surface area contributed by atoms with Gasteiger partial charge in [0.2, 0.25) is 0 Å². The number of rotatable bonds is 5. The van der Waals surface area contributed by atoms with Crippen LogP contribution in [0.25, 0.3) is 0 Å². The van der Waals surface area contributed by atoms with E-state index in [1.165, 1.54) is 0 Å². The first kappa shape index (κ1) is 11.2. The molecular formula is C11H13NO3. The number of aliphatic carboxylic acids is 1. The fourth-order valence-corrected chi connectivity index (χ4v) is 1.47. The van der Waals surface area contributed by atoms with Gasteiger partial charge in [0, 0.05) is 24.7 Å². The van der Waals surface area contributed by atoms with E-state index in [9.17, 15) is 9.59 Å². The summed E-state index contributed by atoms with van der Waals surface area (Å²) in [5, 5.41) is 11.5. The first-order chi connectivity index (χ1) is 7.19.